The molecule has 6 aromatic heterocycles. The molecule has 0 amide bonds. The van der Waals surface area contributed by atoms with E-state index in [1.807, 2.05) is 249 Å². The molecule has 0 bridgehead atoms. The van der Waals surface area contributed by atoms with E-state index in [1.165, 1.54) is 6.92 Å². The third-order valence-corrected chi connectivity index (χ3v) is 33.4. The number of ether oxygens (including phenoxy) is 8. The lowest BCUT2D eigenvalue weighted by molar-refractivity contribution is -0.119. The highest BCUT2D eigenvalue weighted by Gasteiger charge is 2.40. The van der Waals surface area contributed by atoms with Crippen LogP contribution in [0.25, 0.3) is 0 Å². The number of thioether (sulfide) groups is 1. The topological polar surface area (TPSA) is 328 Å². The minimum absolute atomic E-state index is 0.0269. The van der Waals surface area contributed by atoms with Crippen molar-refractivity contribution in [3.8, 4) is 46.0 Å². The average molecular weight is 2540 g/mol. The van der Waals surface area contributed by atoms with Crippen molar-refractivity contribution < 1.29 is 69.7 Å². The van der Waals surface area contributed by atoms with E-state index in [0.29, 0.717) is 126 Å². The van der Waals surface area contributed by atoms with E-state index in [4.69, 9.17) is 60.8 Å². The molecule has 8 atom stereocenters. The fourth-order valence-corrected chi connectivity index (χ4v) is 21.9. The Morgan fingerprint density at radius 1 is 0.380 bits per heavy atom. The molecule has 0 aliphatic heterocycles. The number of allylic oxidation sites excluding steroid dienone is 1. The molecule has 26 nitrogen and oxygen atoms in total. The van der Waals surface area contributed by atoms with Crippen LogP contribution in [0, 0.1) is 0 Å². The first-order valence-electron chi connectivity index (χ1n) is 48.1. The number of nitrogens with two attached hydrogens (primary N) is 1. The molecule has 0 aliphatic carbocycles. The number of ketones is 4. The van der Waals surface area contributed by atoms with Gasteiger partial charge in [-0.1, -0.05) is 153 Å². The van der Waals surface area contributed by atoms with Crippen molar-refractivity contribution in [1.29, 1.82) is 0 Å². The van der Waals surface area contributed by atoms with Crippen molar-refractivity contribution >= 4 is 191 Å². The lowest BCUT2D eigenvalue weighted by Gasteiger charge is -2.34. The molecule has 0 aliphatic rings. The molecule has 0 spiro atoms. The van der Waals surface area contributed by atoms with Crippen molar-refractivity contribution in [2.45, 2.75) is 252 Å². The molecule has 0 saturated heterocycles. The maximum Gasteiger partial charge on any atom is 0.160 e. The van der Waals surface area contributed by atoms with Crippen LogP contribution in [-0.4, -0.2) is 180 Å². The normalized spacial score (nSPS) is 14.1. The molecule has 37 heteroatoms. The largest absolute Gasteiger partial charge is 0.497 e. The zero-order valence-corrected chi connectivity index (χ0v) is 105. The first-order chi connectivity index (χ1) is 70.1. The second-order valence-electron chi connectivity index (χ2n) is 40.2. The summed E-state index contributed by atoms with van der Waals surface area (Å²) in [5.74, 6) is 7.68. The Morgan fingerprint density at radius 2 is 0.680 bits per heavy atom. The number of aromatic nitrogens is 6. The summed E-state index contributed by atoms with van der Waals surface area (Å²) < 4.78 is 90.1. The van der Waals surface area contributed by atoms with Crippen molar-refractivity contribution in [1.82, 2.24) is 39.7 Å². The molecule has 0 radical (unpaired) electrons. The summed E-state index contributed by atoms with van der Waals surface area (Å²) in [7, 11) is 9.86. The van der Waals surface area contributed by atoms with Gasteiger partial charge in [-0.05, 0) is 251 Å². The zero-order chi connectivity index (χ0) is 113. The minimum Gasteiger partial charge on any atom is -0.497 e. The average Bonchev–Trinajstić information content (AvgIpc) is 0.835. The Morgan fingerprint density at radius 3 is 0.987 bits per heavy atom. The number of Topliss-reactive ketones (excluding diaryl/α,β-unsaturated/α-hetero) is 4. The summed E-state index contributed by atoms with van der Waals surface area (Å²) in [5, 5.41) is 0.772. The number of amidine groups is 1. The zero-order valence-electron chi connectivity index (χ0n) is 91.7. The fraction of sp³-hybridized carbons (Fsp3) is 0.442. The molecule has 10 rings (SSSR count). The Kier molecular flexibility index (Phi) is 54.0. The number of rotatable bonds is 41. The number of pyridine rings is 6. The van der Waals surface area contributed by atoms with Crippen LogP contribution in [0.5, 0.6) is 46.0 Å². The van der Waals surface area contributed by atoms with Crippen molar-refractivity contribution in [3.05, 3.63) is 278 Å². The van der Waals surface area contributed by atoms with Crippen LogP contribution in [0.3, 0.4) is 0 Å². The van der Waals surface area contributed by atoms with Crippen LogP contribution in [0.4, 0.5) is 0 Å². The molecular weight excluding hydrogens is 2390 g/mol. The van der Waals surface area contributed by atoms with E-state index in [9.17, 15) is 31.8 Å². The van der Waals surface area contributed by atoms with Gasteiger partial charge in [0.15, 0.2) is 5.17 Å². The predicted molar refractivity (Wildman–Crippen MR) is 638 cm³/mol. The molecule has 0 fully saturated rings. The quantitative estimate of drug-likeness (QED) is 0.0161. The summed E-state index contributed by atoms with van der Waals surface area (Å²) in [4.78, 5) is 84.2. The molecule has 0 saturated carbocycles. The van der Waals surface area contributed by atoms with E-state index in [1.54, 1.807) is 127 Å². The van der Waals surface area contributed by atoms with E-state index in [2.05, 4.69) is 160 Å². The van der Waals surface area contributed by atoms with Gasteiger partial charge in [-0.2, -0.15) is 4.40 Å². The predicted octanol–water partition coefficient (Wildman–Crippen LogP) is 26.8. The molecule has 6 heterocycles. The first-order valence-corrected chi connectivity index (χ1v) is 58.0. The van der Waals surface area contributed by atoms with E-state index in [-0.39, 0.29) is 49.2 Å². The first kappa shape index (κ1) is 132. The fourth-order valence-electron chi connectivity index (χ4n) is 15.4. The number of hydrogen-bond acceptors (Lipinski definition) is 25. The van der Waals surface area contributed by atoms with Crippen molar-refractivity contribution in [2.24, 2.45) is 15.1 Å². The van der Waals surface area contributed by atoms with Gasteiger partial charge in [0.2, 0.25) is 0 Å². The van der Waals surface area contributed by atoms with Gasteiger partial charge in [0.25, 0.3) is 0 Å². The molecule has 0 unspecified atom stereocenters. The number of halogens is 6. The number of carbonyl (C=O) groups excluding carboxylic acids is 4. The minimum atomic E-state index is -1.24. The number of aliphatic imine (C=N–C) groups is 1. The van der Waals surface area contributed by atoms with Crippen LogP contribution >= 0.6 is 120 Å². The highest BCUT2D eigenvalue weighted by molar-refractivity contribution is 9.11. The van der Waals surface area contributed by atoms with Gasteiger partial charge in [0.1, 0.15) is 85.7 Å². The number of methoxy groups -OCH3 is 8. The molecule has 4 aromatic carbocycles. The summed E-state index contributed by atoms with van der Waals surface area (Å²) in [5.41, 5.74) is 13.4. The van der Waals surface area contributed by atoms with E-state index in [0.717, 1.165) is 100 Å². The Bertz CT molecular complexity index is 6150. The Balaban J connectivity index is 0.000000332. The third-order valence-electron chi connectivity index (χ3n) is 23.1. The molecule has 10 aromatic rings. The van der Waals surface area contributed by atoms with E-state index >= 15 is 0 Å². The van der Waals surface area contributed by atoms with Crippen molar-refractivity contribution in [2.75, 3.05) is 74.1 Å². The lowest BCUT2D eigenvalue weighted by Crippen LogP contribution is -2.37. The number of carbonyl (C=O) groups is 4. The second-order valence-corrected chi connectivity index (χ2v) is 53.8. The van der Waals surface area contributed by atoms with Gasteiger partial charge in [-0.3, -0.25) is 57.5 Å². The number of nitrogens with zero attached hydrogens (tertiary/aromatic N) is 10. The number of thiocarbonyl (C=S) groups is 1. The van der Waals surface area contributed by atoms with Crippen molar-refractivity contribution in [3.63, 3.8) is 0 Å². The van der Waals surface area contributed by atoms with Crippen LogP contribution < -0.4 is 43.6 Å². The smallest absolute Gasteiger partial charge is 0.160 e. The van der Waals surface area contributed by atoms with Gasteiger partial charge in [0.05, 0.1) is 94.9 Å². The van der Waals surface area contributed by atoms with Crippen LogP contribution in [0.15, 0.2) is 231 Å². The van der Waals surface area contributed by atoms with Gasteiger partial charge in [-0.25, -0.2) is 9.20 Å². The summed E-state index contributed by atoms with van der Waals surface area (Å²) in [6.07, 6.45) is 12.7. The van der Waals surface area contributed by atoms with E-state index < -0.39 is 54.5 Å². The maximum atomic E-state index is 12.6. The van der Waals surface area contributed by atoms with Crippen LogP contribution in [0.1, 0.15) is 240 Å². The molecule has 2 N–H and O–H groups in total. The third kappa shape index (κ3) is 43.5. The monoisotopic (exact) mass is 2530 g/mol. The molecule has 150 heavy (non-hydrogen) atoms. The second kappa shape index (κ2) is 61.5. The summed E-state index contributed by atoms with van der Waals surface area (Å²) >= 11 is 28.4. The lowest BCUT2D eigenvalue weighted by atomic mass is 9.78. The molecule has 816 valence electrons. The highest BCUT2D eigenvalue weighted by Crippen LogP contribution is 2.42. The van der Waals surface area contributed by atoms with Gasteiger partial charge in [0, 0.05) is 245 Å². The molecular formula is C113H147Br6N11O15S5. The summed E-state index contributed by atoms with van der Waals surface area (Å²) in [6.45, 7) is 45.6. The Labute approximate surface area is 956 Å². The van der Waals surface area contributed by atoms with Crippen LogP contribution in [0.2, 0.25) is 0 Å². The standard InChI is InChI=1S/C31H38BrN3O5S.C30H35BrN2O5S.C16H24BrNOS.C15H22BrNO2S.C11H15BrN2OS.C10H13BrN2O/c1-8-41-30(34-31(3,18-21(2)36)29-15-24(32)13-14-33-29)35(19-22-9-11-25(37-4)16-27(22)39-6)20-23-10-12-26(38-5)17-28(23)40-7;1-20(34)16-30(2,28-13-23(31)11-12-32-28)17-29(39)33(18-21-7-9-24(35-3)14-26(21)37-5)19-22-8-10-25(36-4)15-27(22)38-6;1-12(2)10-16(6,11-20(19)15(3,4)5)14-9-13(17)7-8-18-14;1-11(18)9-15(5,10-20(19)14(2,3)4)13-8-12(16)6-7-17-13;1-8(14-16(15)11(2,3)4)10-7-9(12)5-6-13-10;1-7(14)6-10(2,12)9-5-8(11)3-4-13-9/h9-17H,8,18-20H2,1-7H3;7-15H,16-19H2,1-6H3;7-9H,1,10-11H2,2-6H3;6-8H,9-10H2,1-5H3;5-7H,1-4H3;3-5H,6,12H2,1-2H3/t31-;30-;16-,20+;15-,20+;16-;10-/m011110/s1. The van der Waals surface area contributed by atoms with Gasteiger partial charge >= 0.3 is 0 Å². The SMILES string of the molecule is C=C(C)C[C@](C)(C[S@](=O)C(C)(C)C)c1cc(Br)ccn1.CC(=N[S@](=O)C(C)(C)C)c1cc(Br)ccn1.CC(=O)C[C@](C)(C[S@](=O)C(C)(C)C)c1cc(Br)ccn1.CC(=O)C[C@](C)(N)c1cc(Br)ccn1.CCSC(=N[C@@](C)(CC(C)=O)c1cc(Br)ccn1)N(Cc1ccc(OC)cc1OC)Cc1ccc(OC)cc1OC.COc1ccc(CN(Cc2ccc(OC)cc2OC)C(=S)C[C@@](C)(CC(C)=O)c2cc(Br)ccn2)c(OC)c1. The number of hydrogen-bond donors (Lipinski definition) is 1. The number of benzene rings is 4. The van der Waals surface area contributed by atoms with Gasteiger partial charge in [-0.15, -0.1) is 6.58 Å². The summed E-state index contributed by atoms with van der Waals surface area (Å²) in [6, 6.07) is 45.7. The maximum absolute atomic E-state index is 12.6. The van der Waals surface area contributed by atoms with Crippen LogP contribution in [-0.2, 0) is 105 Å². The highest BCUT2D eigenvalue weighted by atomic mass is 79.9. The Hall–Kier alpha value is -8.73. The van der Waals surface area contributed by atoms with Gasteiger partial charge < -0.3 is 53.4 Å².